The summed E-state index contributed by atoms with van der Waals surface area (Å²) in [6.45, 7) is 13.1. The van der Waals surface area contributed by atoms with Crippen LogP contribution in [-0.4, -0.2) is 24.0 Å². The molecule has 0 amide bonds. The second kappa shape index (κ2) is 8.26. The van der Waals surface area contributed by atoms with Gasteiger partial charge in [0.05, 0.1) is 24.0 Å². The highest BCUT2D eigenvalue weighted by Crippen LogP contribution is 2.38. The first-order chi connectivity index (χ1) is 15.2. The van der Waals surface area contributed by atoms with E-state index in [0.29, 0.717) is 12.5 Å². The van der Waals surface area contributed by atoms with E-state index < -0.39 is 0 Å². The van der Waals surface area contributed by atoms with Crippen LogP contribution in [0.25, 0.3) is 0 Å². The Kier molecular flexibility index (Phi) is 5.31. The SMILES string of the molecule is C=CC1=NC2C(=C)C/N=C(/C=C)c3cc4c(cc3CCC2c2ccccc21)CCCC4. The quantitative estimate of drug-likeness (QED) is 0.532. The summed E-state index contributed by atoms with van der Waals surface area (Å²) in [5.74, 6) is 0.316. The minimum absolute atomic E-state index is 0.0388. The summed E-state index contributed by atoms with van der Waals surface area (Å²) in [4.78, 5) is 10.1. The van der Waals surface area contributed by atoms with E-state index in [1.807, 2.05) is 12.2 Å². The van der Waals surface area contributed by atoms with Crippen molar-refractivity contribution >= 4 is 11.4 Å². The predicted octanol–water partition coefficient (Wildman–Crippen LogP) is 6.18. The van der Waals surface area contributed by atoms with Crippen molar-refractivity contribution in [1.82, 2.24) is 0 Å². The Bertz CT molecular complexity index is 1130. The van der Waals surface area contributed by atoms with Crippen LogP contribution in [0.3, 0.4) is 0 Å². The molecule has 0 bridgehead atoms. The van der Waals surface area contributed by atoms with Gasteiger partial charge in [0.15, 0.2) is 0 Å². The zero-order valence-corrected chi connectivity index (χ0v) is 18.2. The average Bonchev–Trinajstić information content (AvgIpc) is 2.81. The van der Waals surface area contributed by atoms with Gasteiger partial charge < -0.3 is 0 Å². The van der Waals surface area contributed by atoms with Gasteiger partial charge in [-0.3, -0.25) is 9.98 Å². The summed E-state index contributed by atoms with van der Waals surface area (Å²) in [5, 5.41) is 0. The largest absolute Gasteiger partial charge is 0.280 e. The Morgan fingerprint density at radius 2 is 1.58 bits per heavy atom. The highest BCUT2D eigenvalue weighted by molar-refractivity contribution is 6.11. The van der Waals surface area contributed by atoms with Crippen molar-refractivity contribution in [3.05, 3.63) is 107 Å². The molecule has 2 aliphatic heterocycles. The molecule has 3 aliphatic rings. The molecule has 2 nitrogen and oxygen atoms in total. The lowest BCUT2D eigenvalue weighted by molar-refractivity contribution is 0.536. The lowest BCUT2D eigenvalue weighted by atomic mass is 9.77. The van der Waals surface area contributed by atoms with Gasteiger partial charge in [-0.25, -0.2) is 0 Å². The van der Waals surface area contributed by atoms with E-state index in [1.165, 1.54) is 59.1 Å². The van der Waals surface area contributed by atoms with Crippen LogP contribution in [0.15, 0.2) is 83.8 Å². The topological polar surface area (TPSA) is 24.7 Å². The Hall–Kier alpha value is -3.00. The molecular formula is C29H30N2. The number of aliphatic imine (C=N–C) groups is 2. The zero-order valence-electron chi connectivity index (χ0n) is 18.2. The number of nitrogens with zero attached hydrogens (tertiary/aromatic N) is 2. The molecule has 0 radical (unpaired) electrons. The molecule has 156 valence electrons. The highest BCUT2D eigenvalue weighted by atomic mass is 14.9. The third-order valence-electron chi connectivity index (χ3n) is 7.12. The number of fused-ring (bicyclic) bond motifs is 5. The van der Waals surface area contributed by atoms with Crippen molar-refractivity contribution in [2.75, 3.05) is 6.54 Å². The van der Waals surface area contributed by atoms with Gasteiger partial charge in [0.25, 0.3) is 0 Å². The summed E-state index contributed by atoms with van der Waals surface area (Å²) < 4.78 is 0. The van der Waals surface area contributed by atoms with Gasteiger partial charge in [-0.05, 0) is 84.6 Å². The van der Waals surface area contributed by atoms with Crippen LogP contribution in [0.1, 0.15) is 58.6 Å². The molecular weight excluding hydrogens is 376 g/mol. The maximum absolute atomic E-state index is 5.10. The van der Waals surface area contributed by atoms with Crippen LogP contribution in [0.4, 0.5) is 0 Å². The number of benzene rings is 2. The maximum atomic E-state index is 5.10. The molecule has 0 saturated carbocycles. The third kappa shape index (κ3) is 3.54. The van der Waals surface area contributed by atoms with Crippen LogP contribution in [0, 0.1) is 0 Å². The molecule has 2 heteroatoms. The number of aryl methyl sites for hydroxylation is 3. The lowest BCUT2D eigenvalue weighted by Gasteiger charge is -2.33. The van der Waals surface area contributed by atoms with E-state index >= 15 is 0 Å². The molecule has 2 aromatic carbocycles. The molecule has 0 spiro atoms. The Morgan fingerprint density at radius 1 is 0.839 bits per heavy atom. The average molecular weight is 407 g/mol. The van der Waals surface area contributed by atoms with Gasteiger partial charge in [0, 0.05) is 17.0 Å². The maximum Gasteiger partial charge on any atom is 0.0800 e. The predicted molar refractivity (Wildman–Crippen MR) is 132 cm³/mol. The molecule has 2 unspecified atom stereocenters. The van der Waals surface area contributed by atoms with Gasteiger partial charge in [-0.1, -0.05) is 50.1 Å². The first kappa shape index (κ1) is 19.9. The molecule has 2 aromatic rings. The molecule has 0 aromatic heterocycles. The van der Waals surface area contributed by atoms with Crippen LogP contribution in [0.2, 0.25) is 0 Å². The summed E-state index contributed by atoms with van der Waals surface area (Å²) in [5.41, 5.74) is 11.3. The van der Waals surface area contributed by atoms with Crippen molar-refractivity contribution in [3.8, 4) is 0 Å². The second-order valence-corrected chi connectivity index (χ2v) is 8.94. The fourth-order valence-electron chi connectivity index (χ4n) is 5.52. The molecule has 5 rings (SSSR count). The number of hydrogen-bond donors (Lipinski definition) is 0. The summed E-state index contributed by atoms with van der Waals surface area (Å²) in [7, 11) is 0. The fraction of sp³-hybridized carbons (Fsp3) is 0.310. The zero-order chi connectivity index (χ0) is 21.4. The van der Waals surface area contributed by atoms with Crippen LogP contribution in [-0.2, 0) is 19.3 Å². The Balaban J connectivity index is 1.63. The molecule has 0 saturated heterocycles. The first-order valence-corrected chi connectivity index (χ1v) is 11.5. The summed E-state index contributed by atoms with van der Waals surface area (Å²) in [6.07, 6.45) is 10.8. The van der Waals surface area contributed by atoms with Crippen molar-refractivity contribution in [2.24, 2.45) is 9.98 Å². The van der Waals surface area contributed by atoms with E-state index in [4.69, 9.17) is 9.98 Å². The monoisotopic (exact) mass is 406 g/mol. The van der Waals surface area contributed by atoms with Crippen molar-refractivity contribution in [1.29, 1.82) is 0 Å². The van der Waals surface area contributed by atoms with Crippen LogP contribution < -0.4 is 0 Å². The van der Waals surface area contributed by atoms with Gasteiger partial charge in [-0.15, -0.1) is 0 Å². The normalized spacial score (nSPS) is 24.3. The van der Waals surface area contributed by atoms with Gasteiger partial charge in [0.2, 0.25) is 0 Å². The molecule has 1 aliphatic carbocycles. The van der Waals surface area contributed by atoms with E-state index in [2.05, 4.69) is 56.1 Å². The molecule has 0 N–H and O–H groups in total. The highest BCUT2D eigenvalue weighted by Gasteiger charge is 2.32. The molecule has 31 heavy (non-hydrogen) atoms. The minimum Gasteiger partial charge on any atom is -0.280 e. The lowest BCUT2D eigenvalue weighted by Crippen LogP contribution is -2.29. The van der Waals surface area contributed by atoms with Gasteiger partial charge >= 0.3 is 0 Å². The number of rotatable bonds is 2. The fourth-order valence-corrected chi connectivity index (χ4v) is 5.52. The summed E-state index contributed by atoms with van der Waals surface area (Å²) in [6, 6.07) is 13.6. The van der Waals surface area contributed by atoms with Gasteiger partial charge in [0.1, 0.15) is 0 Å². The van der Waals surface area contributed by atoms with E-state index in [-0.39, 0.29) is 6.04 Å². The Labute approximate surface area is 185 Å². The number of hydrogen-bond acceptors (Lipinski definition) is 2. The van der Waals surface area contributed by atoms with Crippen molar-refractivity contribution in [2.45, 2.75) is 50.5 Å². The van der Waals surface area contributed by atoms with E-state index in [0.717, 1.165) is 29.8 Å². The van der Waals surface area contributed by atoms with Crippen LogP contribution >= 0.6 is 0 Å². The molecule has 2 atom stereocenters. The first-order valence-electron chi connectivity index (χ1n) is 11.5. The second-order valence-electron chi connectivity index (χ2n) is 8.94. The molecule has 2 heterocycles. The molecule has 0 fully saturated rings. The summed E-state index contributed by atoms with van der Waals surface area (Å²) >= 11 is 0. The standard InChI is InChI=1S/C29H30N2/c1-4-27-26-17-21-11-7-6-10-20(21)16-22(26)14-15-25-23-12-8-9-13-24(23)28(5-2)31-29(25)19(3)18-30-27/h4-5,8-9,12-13,16-17,25,29H,1-3,6-7,10-11,14-15,18H2/b30-27-. The van der Waals surface area contributed by atoms with Crippen LogP contribution in [0.5, 0.6) is 0 Å². The van der Waals surface area contributed by atoms with E-state index in [9.17, 15) is 0 Å². The number of allylic oxidation sites excluding steroid dienone is 2. The minimum atomic E-state index is 0.0388. The van der Waals surface area contributed by atoms with E-state index in [1.54, 1.807) is 0 Å². The third-order valence-corrected chi connectivity index (χ3v) is 7.12. The van der Waals surface area contributed by atoms with Crippen molar-refractivity contribution < 1.29 is 0 Å². The van der Waals surface area contributed by atoms with Gasteiger partial charge in [-0.2, -0.15) is 0 Å². The van der Waals surface area contributed by atoms with Crippen molar-refractivity contribution in [3.63, 3.8) is 0 Å². The smallest absolute Gasteiger partial charge is 0.0800 e. The Morgan fingerprint density at radius 3 is 2.35 bits per heavy atom.